The number of hydrogen-bond donors (Lipinski definition) is 2. The topological polar surface area (TPSA) is 50.1 Å². The van der Waals surface area contributed by atoms with Gasteiger partial charge in [0.25, 0.3) is 0 Å². The molecule has 5 rings (SSSR count). The second-order valence-corrected chi connectivity index (χ2v) is 6.38. The monoisotopic (exact) mass is 315 g/mol. The van der Waals surface area contributed by atoms with E-state index in [1.54, 1.807) is 6.07 Å². The van der Waals surface area contributed by atoms with Crippen molar-refractivity contribution in [2.75, 3.05) is 13.1 Å². The highest BCUT2D eigenvalue weighted by atomic mass is 16.3. The summed E-state index contributed by atoms with van der Waals surface area (Å²) >= 11 is 0. The van der Waals surface area contributed by atoms with E-state index in [1.165, 1.54) is 0 Å². The van der Waals surface area contributed by atoms with Crippen molar-refractivity contribution < 1.29 is 5.11 Å². The highest BCUT2D eigenvalue weighted by Crippen LogP contribution is 2.34. The molecule has 4 nitrogen and oxygen atoms in total. The molecule has 2 N–H and O–H groups in total. The number of phenolic OH excluding ortho intramolecular Hbond substituents is 1. The number of hydrogen-bond acceptors (Lipinski definition) is 3. The lowest BCUT2D eigenvalue weighted by atomic mass is 9.97. The van der Waals surface area contributed by atoms with Gasteiger partial charge >= 0.3 is 0 Å². The minimum atomic E-state index is 0.287. The van der Waals surface area contributed by atoms with E-state index in [1.807, 2.05) is 30.6 Å². The number of nitrogens with zero attached hydrogens (tertiary/aromatic N) is 2. The Balaban J connectivity index is 1.69. The van der Waals surface area contributed by atoms with Crippen LogP contribution in [0, 0.1) is 0 Å². The van der Waals surface area contributed by atoms with Crippen molar-refractivity contribution in [2.24, 2.45) is 0 Å². The van der Waals surface area contributed by atoms with Gasteiger partial charge in [0.15, 0.2) is 0 Å². The van der Waals surface area contributed by atoms with Crippen LogP contribution in [0.2, 0.25) is 0 Å². The molecule has 118 valence electrons. The molecule has 1 aliphatic heterocycles. The Kier molecular flexibility index (Phi) is 2.87. The Hall–Kier alpha value is -2.85. The number of phenols is 1. The van der Waals surface area contributed by atoms with Crippen molar-refractivity contribution in [3.05, 3.63) is 60.9 Å². The first-order valence-corrected chi connectivity index (χ1v) is 8.19. The number of aromatic hydroxyl groups is 1. The first kappa shape index (κ1) is 13.6. The predicted molar refractivity (Wildman–Crippen MR) is 96.2 cm³/mol. The summed E-state index contributed by atoms with van der Waals surface area (Å²) in [5.74, 6) is 0.287. The van der Waals surface area contributed by atoms with Gasteiger partial charge in [0.1, 0.15) is 5.75 Å². The van der Waals surface area contributed by atoms with E-state index in [4.69, 9.17) is 0 Å². The van der Waals surface area contributed by atoms with E-state index < -0.39 is 0 Å². The van der Waals surface area contributed by atoms with Gasteiger partial charge in [0.05, 0.1) is 23.4 Å². The Morgan fingerprint density at radius 2 is 1.92 bits per heavy atom. The highest BCUT2D eigenvalue weighted by molar-refractivity contribution is 5.99. The lowest BCUT2D eigenvalue weighted by molar-refractivity contribution is 0.350. The summed E-state index contributed by atoms with van der Waals surface area (Å²) in [6, 6.07) is 18.6. The lowest BCUT2D eigenvalue weighted by Crippen LogP contribution is -2.43. The van der Waals surface area contributed by atoms with Gasteiger partial charge in [0.2, 0.25) is 0 Å². The van der Waals surface area contributed by atoms with Crippen LogP contribution in [-0.2, 0) is 0 Å². The third-order valence-corrected chi connectivity index (χ3v) is 4.89. The predicted octanol–water partition coefficient (Wildman–Crippen LogP) is 3.71. The van der Waals surface area contributed by atoms with Crippen LogP contribution in [0.3, 0.4) is 0 Å². The molecular formula is C20H17N3O. The van der Waals surface area contributed by atoms with Gasteiger partial charge in [-0.05, 0) is 46.2 Å². The van der Waals surface area contributed by atoms with Gasteiger partial charge in [-0.1, -0.05) is 30.3 Å². The standard InChI is InChI=1S/C20H17N3O/c24-16-7-13-3-1-2-4-17(13)18(9-16)14-5-6-20-19(8-14)22-12-23(20)15-10-21-11-15/h1-9,12,15,21,24H,10-11H2. The van der Waals surface area contributed by atoms with Crippen molar-refractivity contribution in [3.63, 3.8) is 0 Å². The van der Waals surface area contributed by atoms with E-state index in [-0.39, 0.29) is 5.75 Å². The minimum absolute atomic E-state index is 0.287. The minimum Gasteiger partial charge on any atom is -0.508 e. The summed E-state index contributed by atoms with van der Waals surface area (Å²) in [4.78, 5) is 4.58. The molecule has 1 aliphatic rings. The van der Waals surface area contributed by atoms with Crippen LogP contribution in [0.4, 0.5) is 0 Å². The van der Waals surface area contributed by atoms with Crippen LogP contribution in [-0.4, -0.2) is 27.7 Å². The van der Waals surface area contributed by atoms with E-state index in [0.717, 1.165) is 46.0 Å². The summed E-state index contributed by atoms with van der Waals surface area (Å²) in [6.45, 7) is 2.01. The van der Waals surface area contributed by atoms with E-state index in [0.29, 0.717) is 6.04 Å². The van der Waals surface area contributed by atoms with Gasteiger partial charge in [-0.3, -0.25) is 0 Å². The summed E-state index contributed by atoms with van der Waals surface area (Å²) in [5, 5.41) is 15.6. The molecule has 0 aliphatic carbocycles. The van der Waals surface area contributed by atoms with Crippen LogP contribution in [0.5, 0.6) is 5.75 Å². The SMILES string of the molecule is Oc1cc(-c2ccc3c(c2)ncn3C2CNC2)c2ccccc2c1. The molecule has 0 radical (unpaired) electrons. The Bertz CT molecular complexity index is 1060. The quantitative estimate of drug-likeness (QED) is 0.593. The molecule has 24 heavy (non-hydrogen) atoms. The van der Waals surface area contributed by atoms with Crippen LogP contribution in [0.15, 0.2) is 60.9 Å². The molecule has 0 saturated carbocycles. The Morgan fingerprint density at radius 1 is 1.04 bits per heavy atom. The molecule has 0 spiro atoms. The first-order chi connectivity index (χ1) is 11.8. The van der Waals surface area contributed by atoms with Crippen molar-refractivity contribution in [1.82, 2.24) is 14.9 Å². The maximum atomic E-state index is 10.1. The molecule has 2 heterocycles. The fraction of sp³-hybridized carbons (Fsp3) is 0.150. The molecule has 1 saturated heterocycles. The Morgan fingerprint density at radius 3 is 2.75 bits per heavy atom. The van der Waals surface area contributed by atoms with Crippen molar-refractivity contribution >= 4 is 21.8 Å². The summed E-state index contributed by atoms with van der Waals surface area (Å²) in [7, 11) is 0. The smallest absolute Gasteiger partial charge is 0.116 e. The normalized spacial score (nSPS) is 15.0. The van der Waals surface area contributed by atoms with Gasteiger partial charge in [-0.2, -0.15) is 0 Å². The molecule has 1 aromatic heterocycles. The zero-order valence-corrected chi connectivity index (χ0v) is 13.1. The Labute approximate surface area is 139 Å². The van der Waals surface area contributed by atoms with Crippen LogP contribution >= 0.6 is 0 Å². The van der Waals surface area contributed by atoms with Crippen molar-refractivity contribution in [1.29, 1.82) is 0 Å². The number of imidazole rings is 1. The molecule has 1 fully saturated rings. The number of benzene rings is 3. The number of rotatable bonds is 2. The van der Waals surface area contributed by atoms with Crippen molar-refractivity contribution in [3.8, 4) is 16.9 Å². The molecule has 4 heteroatoms. The molecule has 4 aromatic rings. The third kappa shape index (κ3) is 2.00. The molecule has 0 unspecified atom stereocenters. The van der Waals surface area contributed by atoms with E-state index in [2.05, 4.69) is 39.1 Å². The average molecular weight is 315 g/mol. The van der Waals surface area contributed by atoms with Gasteiger partial charge in [-0.25, -0.2) is 4.98 Å². The summed E-state index contributed by atoms with van der Waals surface area (Å²) in [5.41, 5.74) is 4.26. The van der Waals surface area contributed by atoms with Crippen molar-refractivity contribution in [2.45, 2.75) is 6.04 Å². The third-order valence-electron chi connectivity index (χ3n) is 4.89. The number of nitrogens with one attached hydrogen (secondary N) is 1. The number of fused-ring (bicyclic) bond motifs is 2. The fourth-order valence-electron chi connectivity index (χ4n) is 3.49. The van der Waals surface area contributed by atoms with Crippen LogP contribution in [0.25, 0.3) is 32.9 Å². The zero-order chi connectivity index (χ0) is 16.1. The molecule has 0 atom stereocenters. The summed E-state index contributed by atoms with van der Waals surface area (Å²) in [6.07, 6.45) is 1.93. The molecule has 0 amide bonds. The van der Waals surface area contributed by atoms with Crippen LogP contribution < -0.4 is 5.32 Å². The highest BCUT2D eigenvalue weighted by Gasteiger charge is 2.20. The molecule has 0 bridgehead atoms. The zero-order valence-electron chi connectivity index (χ0n) is 13.1. The summed E-state index contributed by atoms with van der Waals surface area (Å²) < 4.78 is 2.25. The lowest BCUT2D eigenvalue weighted by Gasteiger charge is -2.28. The van der Waals surface area contributed by atoms with E-state index >= 15 is 0 Å². The van der Waals surface area contributed by atoms with Gasteiger partial charge in [0, 0.05) is 13.1 Å². The average Bonchev–Trinajstić information content (AvgIpc) is 2.95. The maximum Gasteiger partial charge on any atom is 0.116 e. The molecular weight excluding hydrogens is 298 g/mol. The molecule has 3 aromatic carbocycles. The van der Waals surface area contributed by atoms with Gasteiger partial charge < -0.3 is 15.0 Å². The number of aromatic nitrogens is 2. The second-order valence-electron chi connectivity index (χ2n) is 6.38. The first-order valence-electron chi connectivity index (χ1n) is 8.19. The van der Waals surface area contributed by atoms with Crippen LogP contribution in [0.1, 0.15) is 6.04 Å². The largest absolute Gasteiger partial charge is 0.508 e. The second kappa shape index (κ2) is 5.08. The van der Waals surface area contributed by atoms with Gasteiger partial charge in [-0.15, -0.1) is 0 Å². The van der Waals surface area contributed by atoms with E-state index in [9.17, 15) is 5.11 Å². The fourth-order valence-corrected chi connectivity index (χ4v) is 3.49. The maximum absolute atomic E-state index is 10.1.